The molecule has 0 fully saturated rings. The van der Waals surface area contributed by atoms with Crippen LogP contribution in [0.3, 0.4) is 0 Å². The monoisotopic (exact) mass is 1020 g/mol. The number of unbranched alkanes of at least 4 members (excludes halogenated alkanes) is 42. The summed E-state index contributed by atoms with van der Waals surface area (Å²) in [6.07, 6.45) is 86.8. The molecule has 0 aromatic carbocycles. The van der Waals surface area contributed by atoms with Crippen molar-refractivity contribution in [1.82, 2.24) is 0 Å². The summed E-state index contributed by atoms with van der Waals surface area (Å²) in [7, 11) is 0. The third kappa shape index (κ3) is 62.0. The van der Waals surface area contributed by atoms with E-state index in [9.17, 15) is 14.7 Å². The van der Waals surface area contributed by atoms with Gasteiger partial charge in [0, 0.05) is 12.8 Å². The summed E-state index contributed by atoms with van der Waals surface area (Å²) in [5.74, 6) is -0.601. The Hall–Kier alpha value is -2.40. The summed E-state index contributed by atoms with van der Waals surface area (Å²) in [5.41, 5.74) is 0. The van der Waals surface area contributed by atoms with Crippen LogP contribution in [0.5, 0.6) is 0 Å². The molecule has 0 aromatic heterocycles. The number of ether oxygens (including phenoxy) is 2. The van der Waals surface area contributed by atoms with Crippen LogP contribution in [-0.2, 0) is 19.1 Å². The molecule has 0 amide bonds. The number of hydrogen-bond acceptors (Lipinski definition) is 5. The fourth-order valence-corrected chi connectivity index (χ4v) is 9.76. The molecule has 0 aliphatic rings. The summed E-state index contributed by atoms with van der Waals surface area (Å²) < 4.78 is 10.7. The summed E-state index contributed by atoms with van der Waals surface area (Å²) >= 11 is 0. The standard InChI is InChI=1S/C68H124O5/c1-3-5-7-9-11-13-15-17-19-21-23-25-26-27-28-29-30-31-32-33-34-35-36-37-38-39-40-41-43-44-46-48-50-52-54-56-58-60-62-67(70)72-65-66(64-69)73-68(71)63-61-59-57-55-53-51-49-47-45-42-24-22-20-18-16-14-12-10-8-6-4-2/h6,8,12,14,18,20,24,42,47,49,66,69H,3-5,7,9-11,13,15-17,19,21-23,25-41,43-46,48,50-65H2,1-2H3/b8-6-,14-12-,20-18-,42-24-,49-47-. The molecule has 1 atom stereocenters. The highest BCUT2D eigenvalue weighted by molar-refractivity contribution is 5.70. The highest BCUT2D eigenvalue weighted by atomic mass is 16.6. The summed E-state index contributed by atoms with van der Waals surface area (Å²) in [6.45, 7) is 4.05. The van der Waals surface area contributed by atoms with Gasteiger partial charge >= 0.3 is 11.9 Å². The summed E-state index contributed by atoms with van der Waals surface area (Å²) in [6, 6.07) is 0. The van der Waals surface area contributed by atoms with Gasteiger partial charge < -0.3 is 14.6 Å². The Morgan fingerprint density at radius 3 is 0.890 bits per heavy atom. The van der Waals surface area contributed by atoms with E-state index < -0.39 is 6.10 Å². The largest absolute Gasteiger partial charge is 0.462 e. The van der Waals surface area contributed by atoms with Gasteiger partial charge in [0.15, 0.2) is 6.10 Å². The van der Waals surface area contributed by atoms with Gasteiger partial charge in [0.2, 0.25) is 0 Å². The molecule has 1 N–H and O–H groups in total. The van der Waals surface area contributed by atoms with Crippen LogP contribution in [0.1, 0.15) is 341 Å². The molecule has 0 aliphatic carbocycles. The molecule has 5 nitrogen and oxygen atoms in total. The van der Waals surface area contributed by atoms with E-state index in [1.54, 1.807) is 0 Å². The topological polar surface area (TPSA) is 72.8 Å². The lowest BCUT2D eigenvalue weighted by molar-refractivity contribution is -0.161. The Morgan fingerprint density at radius 1 is 0.329 bits per heavy atom. The first-order valence-corrected chi connectivity index (χ1v) is 32.3. The average molecular weight is 1020 g/mol. The third-order valence-electron chi connectivity index (χ3n) is 14.6. The summed E-state index contributed by atoms with van der Waals surface area (Å²) in [5, 5.41) is 9.66. The van der Waals surface area contributed by atoms with E-state index >= 15 is 0 Å². The van der Waals surface area contributed by atoms with Gasteiger partial charge in [-0.1, -0.05) is 331 Å². The molecular formula is C68H124O5. The number of carbonyl (C=O) groups excluding carboxylic acids is 2. The second kappa shape index (κ2) is 63.9. The zero-order valence-corrected chi connectivity index (χ0v) is 48.9. The lowest BCUT2D eigenvalue weighted by atomic mass is 10.0. The van der Waals surface area contributed by atoms with Crippen LogP contribution in [0.25, 0.3) is 0 Å². The molecule has 426 valence electrons. The SMILES string of the molecule is CC/C=C\C/C=C\C/C=C\C/C=C\C/C=C\CCCCCCCC(=O)OC(CO)COC(=O)CCCCCCCCCCCCCCCCCCCCCCCCCCCCCCCCCCCCCCCC. The zero-order chi connectivity index (χ0) is 52.7. The van der Waals surface area contributed by atoms with Crippen LogP contribution in [-0.4, -0.2) is 36.4 Å². The van der Waals surface area contributed by atoms with Crippen molar-refractivity contribution in [2.24, 2.45) is 0 Å². The normalized spacial score (nSPS) is 12.5. The first-order chi connectivity index (χ1) is 36.1. The van der Waals surface area contributed by atoms with Crippen LogP contribution >= 0.6 is 0 Å². The van der Waals surface area contributed by atoms with E-state index in [0.717, 1.165) is 89.9 Å². The third-order valence-corrected chi connectivity index (χ3v) is 14.6. The fourth-order valence-electron chi connectivity index (χ4n) is 9.76. The quantitative estimate of drug-likeness (QED) is 0.0373. The van der Waals surface area contributed by atoms with Crippen LogP contribution in [0.15, 0.2) is 60.8 Å². The van der Waals surface area contributed by atoms with Crippen LogP contribution < -0.4 is 0 Å². The molecule has 0 heterocycles. The molecule has 0 rings (SSSR count). The Labute approximate surface area is 455 Å². The number of aliphatic hydroxyl groups excluding tert-OH is 1. The molecule has 0 radical (unpaired) electrons. The molecule has 0 saturated heterocycles. The molecule has 0 bridgehead atoms. The van der Waals surface area contributed by atoms with Gasteiger partial charge in [-0.15, -0.1) is 0 Å². The predicted molar refractivity (Wildman–Crippen MR) is 320 cm³/mol. The Balaban J connectivity index is 3.40. The van der Waals surface area contributed by atoms with Gasteiger partial charge in [0.1, 0.15) is 6.61 Å². The van der Waals surface area contributed by atoms with Crippen molar-refractivity contribution in [3.8, 4) is 0 Å². The Kier molecular flexibility index (Phi) is 61.8. The van der Waals surface area contributed by atoms with Crippen molar-refractivity contribution in [2.75, 3.05) is 13.2 Å². The number of rotatable bonds is 60. The first kappa shape index (κ1) is 70.6. The van der Waals surface area contributed by atoms with E-state index in [1.165, 1.54) is 225 Å². The van der Waals surface area contributed by atoms with Crippen molar-refractivity contribution in [2.45, 2.75) is 347 Å². The maximum absolute atomic E-state index is 12.3. The zero-order valence-electron chi connectivity index (χ0n) is 48.9. The Bertz CT molecular complexity index is 1250. The predicted octanol–water partition coefficient (Wildman–Crippen LogP) is 22.1. The smallest absolute Gasteiger partial charge is 0.306 e. The van der Waals surface area contributed by atoms with E-state index in [2.05, 4.69) is 74.6 Å². The molecular weight excluding hydrogens is 897 g/mol. The van der Waals surface area contributed by atoms with Crippen LogP contribution in [0, 0.1) is 0 Å². The maximum Gasteiger partial charge on any atom is 0.306 e. The second-order valence-electron chi connectivity index (χ2n) is 21.8. The molecule has 1 unspecified atom stereocenters. The van der Waals surface area contributed by atoms with Gasteiger partial charge in [0.25, 0.3) is 0 Å². The minimum Gasteiger partial charge on any atom is -0.462 e. The van der Waals surface area contributed by atoms with Crippen molar-refractivity contribution in [3.63, 3.8) is 0 Å². The molecule has 0 aliphatic heterocycles. The van der Waals surface area contributed by atoms with E-state index in [4.69, 9.17) is 9.47 Å². The van der Waals surface area contributed by atoms with E-state index in [1.807, 2.05) is 0 Å². The minimum absolute atomic E-state index is 0.0728. The average Bonchev–Trinajstić information content (AvgIpc) is 3.39. The number of hydrogen-bond donors (Lipinski definition) is 1. The van der Waals surface area contributed by atoms with Gasteiger partial charge in [-0.05, 0) is 57.8 Å². The molecule has 0 aromatic rings. The number of allylic oxidation sites excluding steroid dienone is 10. The fraction of sp³-hybridized carbons (Fsp3) is 0.824. The van der Waals surface area contributed by atoms with Crippen molar-refractivity contribution < 1.29 is 24.2 Å². The molecule has 0 spiro atoms. The number of aliphatic hydroxyl groups is 1. The number of carbonyl (C=O) groups is 2. The first-order valence-electron chi connectivity index (χ1n) is 32.3. The molecule has 0 saturated carbocycles. The Morgan fingerprint density at radius 2 is 0.589 bits per heavy atom. The lowest BCUT2D eigenvalue weighted by Gasteiger charge is -2.15. The van der Waals surface area contributed by atoms with Crippen LogP contribution in [0.2, 0.25) is 0 Å². The molecule has 73 heavy (non-hydrogen) atoms. The van der Waals surface area contributed by atoms with E-state index in [-0.39, 0.29) is 25.2 Å². The van der Waals surface area contributed by atoms with E-state index in [0.29, 0.717) is 12.8 Å². The molecule has 5 heteroatoms. The van der Waals surface area contributed by atoms with Gasteiger partial charge in [-0.25, -0.2) is 0 Å². The summed E-state index contributed by atoms with van der Waals surface area (Å²) in [4.78, 5) is 24.6. The lowest BCUT2D eigenvalue weighted by Crippen LogP contribution is -2.28. The van der Waals surface area contributed by atoms with Crippen LogP contribution in [0.4, 0.5) is 0 Å². The maximum atomic E-state index is 12.3. The second-order valence-corrected chi connectivity index (χ2v) is 21.8. The minimum atomic E-state index is -0.785. The van der Waals surface area contributed by atoms with Crippen molar-refractivity contribution in [3.05, 3.63) is 60.8 Å². The van der Waals surface area contributed by atoms with Crippen molar-refractivity contribution >= 4 is 11.9 Å². The highest BCUT2D eigenvalue weighted by Crippen LogP contribution is 2.18. The van der Waals surface area contributed by atoms with Gasteiger partial charge in [0.05, 0.1) is 6.61 Å². The number of esters is 2. The highest BCUT2D eigenvalue weighted by Gasteiger charge is 2.16. The van der Waals surface area contributed by atoms with Gasteiger partial charge in [-0.2, -0.15) is 0 Å². The van der Waals surface area contributed by atoms with Crippen molar-refractivity contribution in [1.29, 1.82) is 0 Å². The van der Waals surface area contributed by atoms with Gasteiger partial charge in [-0.3, -0.25) is 9.59 Å².